The summed E-state index contributed by atoms with van der Waals surface area (Å²) in [6.45, 7) is 78.4. The van der Waals surface area contributed by atoms with Gasteiger partial charge in [-0.3, -0.25) is 0 Å². The zero-order valence-electron chi connectivity index (χ0n) is 43.5. The first-order valence-corrected chi connectivity index (χ1v) is 38.5. The van der Waals surface area contributed by atoms with Crippen LogP contribution in [0.5, 0.6) is 0 Å². The van der Waals surface area contributed by atoms with Crippen LogP contribution in [0.2, 0.25) is 0 Å². The van der Waals surface area contributed by atoms with Crippen molar-refractivity contribution >= 4 is 63.4 Å². The van der Waals surface area contributed by atoms with Gasteiger partial charge in [-0.05, 0) is 166 Å². The molecule has 0 saturated carbocycles. The van der Waals surface area contributed by atoms with E-state index in [1.807, 2.05) is 0 Å². The number of hydrogen-bond donors (Lipinski definition) is 0. The molecular weight excluding hydrogens is 1170 g/mol. The summed E-state index contributed by atoms with van der Waals surface area (Å²) in [5, 5.41) is 3.96. The molecule has 0 radical (unpaired) electrons. The van der Waals surface area contributed by atoms with Gasteiger partial charge in [-0.25, -0.2) is 0 Å². The van der Waals surface area contributed by atoms with Crippen LogP contribution in [0.25, 0.3) is 0 Å². The molecule has 0 spiro atoms. The third-order valence-corrected chi connectivity index (χ3v) is 40.8. The van der Waals surface area contributed by atoms with Crippen LogP contribution in [-0.4, -0.2) is 118 Å². The third-order valence-electron chi connectivity index (χ3n) is 9.36. The Morgan fingerprint density at radius 1 is 0.204 bits per heavy atom. The average molecular weight is 1280 g/mol. The van der Waals surface area contributed by atoms with E-state index in [-0.39, 0.29) is 73.8 Å². The van der Waals surface area contributed by atoms with Crippen molar-refractivity contribution in [1.29, 1.82) is 0 Å². The monoisotopic (exact) mass is 1280 g/mol. The van der Waals surface area contributed by atoms with E-state index >= 15 is 0 Å². The van der Waals surface area contributed by atoms with Gasteiger partial charge in [0.2, 0.25) is 0 Å². The van der Waals surface area contributed by atoms with E-state index in [2.05, 4.69) is 219 Å². The molecule has 0 aromatic heterocycles. The van der Waals surface area contributed by atoms with Gasteiger partial charge in [-0.2, -0.15) is 0 Å². The molecule has 0 nitrogen and oxygen atoms in total. The van der Waals surface area contributed by atoms with E-state index in [0.29, 0.717) is 41.2 Å². The van der Waals surface area contributed by atoms with Gasteiger partial charge < -0.3 is 0 Å². The molecule has 0 aliphatic rings. The maximum absolute atomic E-state index is 2.47. The largest absolute Gasteiger partial charge is 0.157 e. The summed E-state index contributed by atoms with van der Waals surface area (Å²) < 4.78 is 0. The van der Waals surface area contributed by atoms with E-state index in [1.165, 1.54) is 11.8 Å². The van der Waals surface area contributed by atoms with Gasteiger partial charge in [-0.15, -0.1) is 0 Å². The van der Waals surface area contributed by atoms with Crippen LogP contribution in [0.15, 0.2) is 0 Å². The Labute approximate surface area is 386 Å². The second-order valence-electron chi connectivity index (χ2n) is 25.4. The van der Waals surface area contributed by atoms with E-state index in [0.717, 1.165) is 0 Å². The Kier molecular flexibility index (Phi) is 37.3. The van der Waals surface area contributed by atoms with Crippen molar-refractivity contribution in [3.63, 3.8) is 0 Å². The fraction of sp³-hybridized carbons (Fsp3) is 1.00. The summed E-state index contributed by atoms with van der Waals surface area (Å²) in [4.78, 5) is 0. The molecule has 0 aliphatic carbocycles. The van der Waals surface area contributed by atoms with Crippen molar-refractivity contribution in [3.8, 4) is 0 Å². The van der Waals surface area contributed by atoms with Crippen LogP contribution in [0.1, 0.15) is 166 Å². The summed E-state index contributed by atoms with van der Waals surface area (Å²) in [5.74, 6) is 6.18. The predicted octanol–water partition coefficient (Wildman–Crippen LogP) is 16.9. The Morgan fingerprint density at radius 2 is 0.296 bits per heavy atom. The topological polar surface area (TPSA) is 0 Å². The van der Waals surface area contributed by atoms with Gasteiger partial charge in [0.1, 0.15) is 0 Å². The molecule has 0 heterocycles. The second-order valence-corrected chi connectivity index (χ2v) is 56.6. The molecule has 0 aliphatic heterocycles. The smallest absolute Gasteiger partial charge is 0.0260 e. The molecule has 0 atom stereocenters. The minimum Gasteiger partial charge on any atom is -0.0260 e. The van der Waals surface area contributed by atoms with Gasteiger partial charge in [0.05, 0.1) is 41.2 Å². The Bertz CT molecular complexity index is 706. The van der Waals surface area contributed by atoms with Crippen molar-refractivity contribution in [2.24, 2.45) is 0 Å². The van der Waals surface area contributed by atoms with E-state index < -0.39 is 31.7 Å². The average Bonchev–Trinajstić information content (AvgIpc) is 2.71. The molecule has 0 bridgehead atoms. The molecule has 340 valence electrons. The van der Waals surface area contributed by atoms with Crippen LogP contribution in [-0.2, 0) is 42.1 Å². The van der Waals surface area contributed by atoms with Gasteiger partial charge in [-0.1, -0.05) is 0 Å². The Hall–Kier alpha value is 4.82. The minimum absolute atomic E-state index is 0. The molecule has 0 aromatic rings. The van der Waals surface area contributed by atoms with Crippen molar-refractivity contribution < 1.29 is 42.1 Å². The zero-order valence-corrected chi connectivity index (χ0v) is 56.0. The number of rotatable bonds is 8. The molecule has 0 aromatic carbocycles. The normalized spacial score (nSPS) is 13.8. The van der Waals surface area contributed by atoms with Gasteiger partial charge in [0.25, 0.3) is 0 Å². The summed E-state index contributed by atoms with van der Waals surface area (Å²) in [6.07, 6.45) is 0. The molecule has 0 rings (SSSR count). The van der Waals surface area contributed by atoms with E-state index in [4.69, 9.17) is 0 Å². The van der Waals surface area contributed by atoms with E-state index in [1.54, 1.807) is 11.8 Å². The number of hydrogen-bond acceptors (Lipinski definition) is 0. The predicted molar refractivity (Wildman–Crippen MR) is 291 cm³/mol. The van der Waals surface area contributed by atoms with Crippen molar-refractivity contribution in [2.45, 2.75) is 207 Å². The SMILES string of the molecule is CC(C)(C)[PH+](C[PH+](C(C)(C)C)C(C)(C)C)C(C)(C)C.CC(C)(C)[PH+](C[PH+](C(C)(C)C)C(C)(C)C)C(C)(C)C.C[PH+](C)C[PH+](C)C.C[PH+](C)C[PH+](C)C.[Pt].[Pt]. The van der Waals surface area contributed by atoms with Crippen LogP contribution in [0, 0.1) is 0 Å². The molecular formula is C44H112P8Pt2+8. The Balaban J connectivity index is -0.000000154. The molecule has 0 N–H and O–H groups in total. The first-order valence-electron chi connectivity index (χ1n) is 20.8. The first kappa shape index (κ1) is 70.5. The molecule has 0 fully saturated rings. The van der Waals surface area contributed by atoms with Crippen molar-refractivity contribution in [1.82, 2.24) is 0 Å². The van der Waals surface area contributed by atoms with E-state index in [9.17, 15) is 0 Å². The maximum Gasteiger partial charge on any atom is 0.157 e. The zero-order chi connectivity index (χ0) is 43.4. The molecule has 0 unspecified atom stereocenters. The minimum atomic E-state index is -0.394. The quantitative estimate of drug-likeness (QED) is 0.213. The standard InChI is InChI=1S/2C17H38P2.2C5H14P2.2Pt/c2*1-14(2,3)18(15(4,5)6)13-19(16(7,8)9)17(10,11)12;2*1-6(2)5-7(3)4;;/h2*13H2,1-12H3;2*5H2,1-4H3;;/p+8. The summed E-state index contributed by atoms with van der Waals surface area (Å²) in [6, 6.07) is 0. The summed E-state index contributed by atoms with van der Waals surface area (Å²) in [7, 11) is -1.13. The van der Waals surface area contributed by atoms with Crippen LogP contribution in [0.3, 0.4) is 0 Å². The maximum atomic E-state index is 2.47. The van der Waals surface area contributed by atoms with Crippen LogP contribution in [0.4, 0.5) is 0 Å². The Morgan fingerprint density at radius 3 is 0.333 bits per heavy atom. The molecule has 0 saturated heterocycles. The first-order chi connectivity index (χ1) is 22.2. The fourth-order valence-electron chi connectivity index (χ4n) is 8.39. The molecule has 10 heteroatoms. The van der Waals surface area contributed by atoms with Crippen molar-refractivity contribution in [2.75, 3.05) is 76.9 Å². The van der Waals surface area contributed by atoms with Gasteiger partial charge >= 0.3 is 0 Å². The van der Waals surface area contributed by atoms with Crippen LogP contribution < -0.4 is 0 Å². The van der Waals surface area contributed by atoms with Crippen molar-refractivity contribution in [3.05, 3.63) is 0 Å². The third kappa shape index (κ3) is 37.4. The van der Waals surface area contributed by atoms with Gasteiger partial charge in [0, 0.05) is 159 Å². The second kappa shape index (κ2) is 28.6. The fourth-order valence-corrected chi connectivity index (χ4v) is 48.5. The van der Waals surface area contributed by atoms with Gasteiger partial charge in [0.15, 0.2) is 23.6 Å². The summed E-state index contributed by atoms with van der Waals surface area (Å²) >= 11 is 0. The molecule has 0 amide bonds. The summed E-state index contributed by atoms with van der Waals surface area (Å²) in [5.41, 5.74) is 0. The molecule has 54 heavy (non-hydrogen) atoms. The van der Waals surface area contributed by atoms with Crippen LogP contribution >= 0.6 is 63.4 Å².